The number of hydrogen-bond donors (Lipinski definition) is 0. The number of aryl methyl sites for hydroxylation is 1. The molecule has 9 heteroatoms. The molecule has 1 atom stereocenters. The molecule has 0 saturated carbocycles. The second-order valence-electron chi connectivity index (χ2n) is 5.79. The van der Waals surface area contributed by atoms with Crippen LogP contribution >= 0.6 is 0 Å². The van der Waals surface area contributed by atoms with Gasteiger partial charge in [-0.3, -0.25) is 14.9 Å². The third-order valence-electron chi connectivity index (χ3n) is 3.91. The van der Waals surface area contributed by atoms with Crippen LogP contribution in [0, 0.1) is 17.0 Å². The summed E-state index contributed by atoms with van der Waals surface area (Å²) in [4.78, 5) is 22.4. The summed E-state index contributed by atoms with van der Waals surface area (Å²) in [6.07, 6.45) is 1.34. The normalized spacial score (nSPS) is 13.4. The summed E-state index contributed by atoms with van der Waals surface area (Å²) in [6.45, 7) is 5.04. The Balaban J connectivity index is 2.67. The van der Waals surface area contributed by atoms with Crippen LogP contribution in [0.5, 0.6) is 0 Å². The summed E-state index contributed by atoms with van der Waals surface area (Å²) in [5.41, 5.74) is 0.592. The van der Waals surface area contributed by atoms with Gasteiger partial charge in [-0.25, -0.2) is 0 Å². The molecule has 2 rings (SSSR count). The minimum Gasteiger partial charge on any atom is -0.316 e. The van der Waals surface area contributed by atoms with Crippen molar-refractivity contribution in [2.45, 2.75) is 38.1 Å². The topological polar surface area (TPSA) is 112 Å². The zero-order chi connectivity index (χ0) is 19.5. The number of ketones is 1. The molecular formula is C17H19N3O5S. The molecule has 0 saturated heterocycles. The number of nitrogens with zero attached hydrogens (tertiary/aromatic N) is 3. The van der Waals surface area contributed by atoms with Crippen LogP contribution in [-0.2, 0) is 14.8 Å². The molecule has 0 radical (unpaired) electrons. The van der Waals surface area contributed by atoms with Crippen LogP contribution < -0.4 is 5.49 Å². The molecule has 1 aromatic heterocycles. The van der Waals surface area contributed by atoms with Gasteiger partial charge in [-0.1, -0.05) is 24.6 Å². The molecule has 0 aliphatic carbocycles. The fraction of sp³-hybridized carbons (Fsp3) is 0.294. The van der Waals surface area contributed by atoms with Crippen LogP contribution in [0.25, 0.3) is 0 Å². The van der Waals surface area contributed by atoms with E-state index in [9.17, 15) is 23.3 Å². The van der Waals surface area contributed by atoms with Gasteiger partial charge in [0, 0.05) is 12.5 Å². The Morgan fingerprint density at radius 1 is 1.23 bits per heavy atom. The number of sulfonamides is 1. The summed E-state index contributed by atoms with van der Waals surface area (Å²) in [5.74, 6) is -0.195. The molecule has 1 heterocycles. The molecule has 8 nitrogen and oxygen atoms in total. The molecule has 0 spiro atoms. The van der Waals surface area contributed by atoms with Gasteiger partial charge in [-0.15, -0.1) is 4.40 Å². The van der Waals surface area contributed by atoms with Crippen LogP contribution in [-0.4, -0.2) is 23.7 Å². The Morgan fingerprint density at radius 3 is 2.38 bits per heavy atom. The van der Waals surface area contributed by atoms with Crippen molar-refractivity contribution >= 4 is 21.5 Å². The van der Waals surface area contributed by atoms with Crippen molar-refractivity contribution in [2.75, 3.05) is 0 Å². The van der Waals surface area contributed by atoms with Gasteiger partial charge < -0.3 is 4.57 Å². The lowest BCUT2D eigenvalue weighted by atomic mass is 10.1. The zero-order valence-corrected chi connectivity index (χ0v) is 15.4. The highest BCUT2D eigenvalue weighted by molar-refractivity contribution is 7.90. The number of Topliss-reactive ketones (excluding diaryl/α,β-unsaturated/α-hetero) is 1. The molecule has 0 N–H and O–H groups in total. The molecule has 0 bridgehead atoms. The minimum atomic E-state index is -4.03. The van der Waals surface area contributed by atoms with Crippen LogP contribution in [0.3, 0.4) is 0 Å². The van der Waals surface area contributed by atoms with E-state index in [1.165, 1.54) is 22.8 Å². The van der Waals surface area contributed by atoms with Gasteiger partial charge in [0.1, 0.15) is 5.49 Å². The predicted molar refractivity (Wildman–Crippen MR) is 95.0 cm³/mol. The third kappa shape index (κ3) is 4.23. The van der Waals surface area contributed by atoms with E-state index in [4.69, 9.17) is 0 Å². The molecule has 0 aliphatic heterocycles. The highest BCUT2D eigenvalue weighted by atomic mass is 32.2. The third-order valence-corrected chi connectivity index (χ3v) is 5.21. The van der Waals surface area contributed by atoms with Crippen molar-refractivity contribution < 1.29 is 18.1 Å². The SMILES string of the molecule is CCC(=O)C(C)n1cc([N+](=O)[O-])ccc1=NS(=O)(=O)c1ccc(C)cc1. The number of rotatable bonds is 6. The first kappa shape index (κ1) is 19.5. The van der Waals surface area contributed by atoms with Gasteiger partial charge in [0.15, 0.2) is 5.78 Å². The van der Waals surface area contributed by atoms with Crippen LogP contribution in [0.1, 0.15) is 31.9 Å². The Bertz CT molecular complexity index is 1010. The number of pyridine rings is 1. The van der Waals surface area contributed by atoms with Crippen molar-refractivity contribution in [1.82, 2.24) is 4.57 Å². The molecule has 1 aromatic carbocycles. The van der Waals surface area contributed by atoms with E-state index in [0.717, 1.165) is 17.8 Å². The number of carbonyl (C=O) groups excluding carboxylic acids is 1. The summed E-state index contributed by atoms with van der Waals surface area (Å²) in [5, 5.41) is 11.0. The maximum Gasteiger partial charge on any atom is 0.285 e. The Kier molecular flexibility index (Phi) is 5.71. The number of benzene rings is 1. The maximum absolute atomic E-state index is 12.5. The first-order valence-corrected chi connectivity index (χ1v) is 9.36. The van der Waals surface area contributed by atoms with Gasteiger partial charge in [0.2, 0.25) is 0 Å². The largest absolute Gasteiger partial charge is 0.316 e. The lowest BCUT2D eigenvalue weighted by Crippen LogP contribution is -2.29. The first-order valence-electron chi connectivity index (χ1n) is 7.92. The molecule has 0 amide bonds. The molecule has 1 unspecified atom stereocenters. The number of carbonyl (C=O) groups is 1. The molecular weight excluding hydrogens is 358 g/mol. The van der Waals surface area contributed by atoms with E-state index in [0.29, 0.717) is 0 Å². The quantitative estimate of drug-likeness (QED) is 0.567. The highest BCUT2D eigenvalue weighted by Crippen LogP contribution is 2.15. The first-order chi connectivity index (χ1) is 12.2. The number of nitro groups is 1. The Morgan fingerprint density at radius 2 is 1.85 bits per heavy atom. The summed E-state index contributed by atoms with van der Waals surface area (Å²) >= 11 is 0. The second-order valence-corrected chi connectivity index (χ2v) is 7.39. The van der Waals surface area contributed by atoms with Crippen LogP contribution in [0.2, 0.25) is 0 Å². The van der Waals surface area contributed by atoms with E-state index in [1.54, 1.807) is 26.0 Å². The fourth-order valence-electron chi connectivity index (χ4n) is 2.33. The lowest BCUT2D eigenvalue weighted by molar-refractivity contribution is -0.385. The Hall–Kier alpha value is -2.81. The van der Waals surface area contributed by atoms with Gasteiger partial charge in [0.25, 0.3) is 15.7 Å². The van der Waals surface area contributed by atoms with E-state index >= 15 is 0 Å². The van der Waals surface area contributed by atoms with Gasteiger partial charge in [-0.05, 0) is 32.0 Å². The standard InChI is InChI=1S/C17H19N3O5S/c1-4-16(21)13(3)19-11-14(20(22)23)7-10-17(19)18-26(24,25)15-8-5-12(2)6-9-15/h5-11,13H,4H2,1-3H3. The average Bonchev–Trinajstić information content (AvgIpc) is 2.60. The van der Waals surface area contributed by atoms with Crippen molar-refractivity contribution in [3.8, 4) is 0 Å². The second kappa shape index (κ2) is 7.61. The van der Waals surface area contributed by atoms with Gasteiger partial charge in [-0.2, -0.15) is 8.42 Å². The highest BCUT2D eigenvalue weighted by Gasteiger charge is 2.19. The van der Waals surface area contributed by atoms with Crippen LogP contribution in [0.4, 0.5) is 5.69 Å². The van der Waals surface area contributed by atoms with Gasteiger partial charge in [0.05, 0.1) is 22.1 Å². The molecule has 0 aliphatic rings. The van der Waals surface area contributed by atoms with Gasteiger partial charge >= 0.3 is 0 Å². The predicted octanol–water partition coefficient (Wildman–Crippen LogP) is 2.53. The smallest absolute Gasteiger partial charge is 0.285 e. The number of aromatic nitrogens is 1. The summed E-state index contributed by atoms with van der Waals surface area (Å²) in [7, 11) is -4.03. The minimum absolute atomic E-state index is 0.00229. The van der Waals surface area contributed by atoms with Crippen molar-refractivity contribution in [3.63, 3.8) is 0 Å². The molecule has 138 valence electrons. The summed E-state index contributed by atoms with van der Waals surface area (Å²) < 4.78 is 30.1. The van der Waals surface area contributed by atoms with E-state index in [1.807, 2.05) is 6.92 Å². The monoisotopic (exact) mass is 377 g/mol. The zero-order valence-electron chi connectivity index (χ0n) is 14.6. The van der Waals surface area contributed by atoms with Crippen molar-refractivity contribution in [1.29, 1.82) is 0 Å². The van der Waals surface area contributed by atoms with E-state index in [2.05, 4.69) is 4.40 Å². The number of hydrogen-bond acceptors (Lipinski definition) is 5. The van der Waals surface area contributed by atoms with Crippen molar-refractivity contribution in [3.05, 3.63) is 63.8 Å². The van der Waals surface area contributed by atoms with E-state index < -0.39 is 21.0 Å². The van der Waals surface area contributed by atoms with E-state index in [-0.39, 0.29) is 28.3 Å². The molecule has 0 fully saturated rings. The summed E-state index contributed by atoms with van der Waals surface area (Å²) in [6, 6.07) is 7.76. The molecule has 26 heavy (non-hydrogen) atoms. The van der Waals surface area contributed by atoms with Crippen molar-refractivity contribution in [2.24, 2.45) is 4.40 Å². The average molecular weight is 377 g/mol. The lowest BCUT2D eigenvalue weighted by Gasteiger charge is -2.14. The Labute approximate surface area is 151 Å². The fourth-order valence-corrected chi connectivity index (χ4v) is 3.32. The molecule has 2 aromatic rings. The van der Waals surface area contributed by atoms with Crippen LogP contribution in [0.15, 0.2) is 51.9 Å². The maximum atomic E-state index is 12.5.